The number of phosphoric acid groups is 2. The van der Waals surface area contributed by atoms with Gasteiger partial charge in [-0.15, -0.1) is 0 Å². The van der Waals surface area contributed by atoms with E-state index in [0.717, 1.165) is 167 Å². The first-order chi connectivity index (χ1) is 62.2. The molecule has 0 amide bonds. The van der Waals surface area contributed by atoms with Gasteiger partial charge in [0.25, 0.3) is 0 Å². The summed E-state index contributed by atoms with van der Waals surface area (Å²) in [5.74, 6) is -1.56. The fraction of sp³-hybridized carbons (Fsp3) is 0.697. The Morgan fingerprint density at radius 3 is 0.622 bits per heavy atom. The molecular weight excluding hydrogens is 1630 g/mol. The molecule has 0 aromatic heterocycles. The molecule has 0 fully saturated rings. The third kappa shape index (κ3) is 101. The minimum atomic E-state index is -4.95. The molecular formula is C109H186O16P2. The summed E-state index contributed by atoms with van der Waals surface area (Å²) in [6.45, 7) is 2.42. The average molecular weight is 1810 g/mol. The molecule has 0 aliphatic carbocycles. The highest BCUT2D eigenvalue weighted by Crippen LogP contribution is 2.45. The number of rotatable bonds is 96. The van der Waals surface area contributed by atoms with Crippen molar-refractivity contribution in [2.24, 2.45) is 0 Å². The van der Waals surface area contributed by atoms with Gasteiger partial charge in [-0.05, 0) is 154 Å². The van der Waals surface area contributed by atoms with Crippen LogP contribution in [0.1, 0.15) is 432 Å². The van der Waals surface area contributed by atoms with Crippen LogP contribution in [0.25, 0.3) is 0 Å². The molecule has 0 aliphatic heterocycles. The molecule has 0 heterocycles. The lowest BCUT2D eigenvalue weighted by molar-refractivity contribution is -0.161. The van der Waals surface area contributed by atoms with Crippen molar-refractivity contribution in [1.29, 1.82) is 0 Å². The second-order valence-corrected chi connectivity index (χ2v) is 36.8. The molecule has 127 heavy (non-hydrogen) atoms. The molecule has 16 nitrogen and oxygen atoms in total. The average Bonchev–Trinajstić information content (AvgIpc) is 0.955. The monoisotopic (exact) mass is 1810 g/mol. The predicted molar refractivity (Wildman–Crippen MR) is 537 cm³/mol. The summed E-state index contributed by atoms with van der Waals surface area (Å²) >= 11 is 0. The van der Waals surface area contributed by atoms with Crippen LogP contribution in [0.5, 0.6) is 0 Å². The first-order valence-corrected chi connectivity index (χ1v) is 54.1. The number of carbonyl (C=O) groups excluding carboxylic acids is 3. The lowest BCUT2D eigenvalue weighted by Gasteiger charge is -2.21. The number of allylic oxidation sites excluding steroid dienone is 30. The minimum Gasteiger partial charge on any atom is -0.463 e. The van der Waals surface area contributed by atoms with Gasteiger partial charge in [0.1, 0.15) is 25.4 Å². The van der Waals surface area contributed by atoms with E-state index in [1.165, 1.54) is 205 Å². The maximum atomic E-state index is 13.1. The number of ether oxygens (including phenoxy) is 3. The second kappa shape index (κ2) is 99.7. The van der Waals surface area contributed by atoms with Crippen molar-refractivity contribution in [2.75, 3.05) is 39.6 Å². The molecule has 0 aliphatic rings. The molecule has 5 atom stereocenters. The Bertz CT molecular complexity index is 3040. The lowest BCUT2D eigenvalue weighted by Crippen LogP contribution is -2.30. The topological polar surface area (TPSA) is 231 Å². The summed E-state index contributed by atoms with van der Waals surface area (Å²) in [5.41, 5.74) is 0. The summed E-state index contributed by atoms with van der Waals surface area (Å²) in [4.78, 5) is 59.2. The number of phosphoric ester groups is 2. The summed E-state index contributed by atoms with van der Waals surface area (Å²) < 4.78 is 61.7. The van der Waals surface area contributed by atoms with Crippen molar-refractivity contribution in [1.82, 2.24) is 0 Å². The molecule has 0 aromatic carbocycles. The van der Waals surface area contributed by atoms with Crippen molar-refractivity contribution in [3.05, 3.63) is 182 Å². The maximum Gasteiger partial charge on any atom is 0.472 e. The zero-order valence-corrected chi connectivity index (χ0v) is 82.4. The van der Waals surface area contributed by atoms with E-state index >= 15 is 0 Å². The number of unbranched alkanes of at least 4 members (excludes halogenated alkanes) is 43. The molecule has 0 rings (SSSR count). The van der Waals surface area contributed by atoms with Gasteiger partial charge in [0, 0.05) is 19.3 Å². The van der Waals surface area contributed by atoms with Crippen LogP contribution in [0.3, 0.4) is 0 Å². The fourth-order valence-corrected chi connectivity index (χ4v) is 15.6. The van der Waals surface area contributed by atoms with Gasteiger partial charge in [-0.2, -0.15) is 0 Å². The van der Waals surface area contributed by atoms with Crippen molar-refractivity contribution in [3.63, 3.8) is 0 Å². The van der Waals surface area contributed by atoms with Gasteiger partial charge < -0.3 is 34.2 Å². The Hall–Kier alpha value is -5.35. The zero-order valence-electron chi connectivity index (χ0n) is 80.6. The van der Waals surface area contributed by atoms with Gasteiger partial charge >= 0.3 is 33.6 Å². The Morgan fingerprint density at radius 2 is 0.394 bits per heavy atom. The van der Waals surface area contributed by atoms with Gasteiger partial charge in [0.05, 0.1) is 26.4 Å². The molecule has 5 unspecified atom stereocenters. The third-order valence-corrected chi connectivity index (χ3v) is 23.5. The molecule has 0 aromatic rings. The van der Waals surface area contributed by atoms with E-state index in [2.05, 4.69) is 203 Å². The Labute approximate surface area is 776 Å². The number of aliphatic hydroxyl groups excluding tert-OH is 2. The van der Waals surface area contributed by atoms with Gasteiger partial charge in [-0.1, -0.05) is 441 Å². The van der Waals surface area contributed by atoms with Crippen molar-refractivity contribution in [2.45, 2.75) is 450 Å². The summed E-state index contributed by atoms with van der Waals surface area (Å²) in [6.07, 6.45) is 132. The molecule has 0 radical (unpaired) electrons. The highest BCUT2D eigenvalue weighted by molar-refractivity contribution is 7.47. The number of carbonyl (C=O) groups is 3. The zero-order chi connectivity index (χ0) is 92.1. The number of hydrogen-bond acceptors (Lipinski definition) is 14. The van der Waals surface area contributed by atoms with Crippen LogP contribution in [0.4, 0.5) is 0 Å². The quantitative estimate of drug-likeness (QED) is 0.0146. The maximum absolute atomic E-state index is 13.1. The van der Waals surface area contributed by atoms with Gasteiger partial charge in [0.2, 0.25) is 0 Å². The SMILES string of the molecule is CC/C=C\C/C=C\C/C=C\C/C=C\C/C=C\CCCCCCCCCCCCCCCCCC(=O)OCC(O)COP(=O)(O)OCC(O)COP(=O)(O)OCC(COC(=O)CCCCCCCCCCCCCCCCC/C=C\C/C=C\C/C=C\C/C=C\C/C=C\CC)OC(=O)CCCCCCCCCCCCCCC/C=C\C/C=C\C/C=C\C/C=C\C/C=C\CC. The highest BCUT2D eigenvalue weighted by Gasteiger charge is 2.30. The van der Waals surface area contributed by atoms with Gasteiger partial charge in [0.15, 0.2) is 6.10 Å². The lowest BCUT2D eigenvalue weighted by atomic mass is 10.0. The van der Waals surface area contributed by atoms with Gasteiger partial charge in [-0.25, -0.2) is 9.13 Å². The summed E-state index contributed by atoms with van der Waals surface area (Å²) in [7, 11) is -9.82. The number of hydrogen-bond donors (Lipinski definition) is 4. The molecule has 0 saturated heterocycles. The van der Waals surface area contributed by atoms with Crippen molar-refractivity contribution < 1.29 is 75.8 Å². The van der Waals surface area contributed by atoms with Gasteiger partial charge in [-0.3, -0.25) is 32.5 Å². The second-order valence-electron chi connectivity index (χ2n) is 33.8. The largest absolute Gasteiger partial charge is 0.472 e. The molecule has 18 heteroatoms. The third-order valence-electron chi connectivity index (χ3n) is 21.6. The van der Waals surface area contributed by atoms with E-state index in [9.17, 15) is 43.5 Å². The Morgan fingerprint density at radius 1 is 0.220 bits per heavy atom. The standard InChI is InChI=1S/C109H186O16P2/c1-4-7-10-13-16-19-22-25-28-31-34-37-40-43-46-49-51-54-56-59-62-65-68-71-74-77-80-83-86-89-92-95-107(112)119-98-104(110)99-121-126(115,116)122-100-105(111)101-123-127(117,118)124-103-106(125-109(114)97-94-91-88-85-82-79-76-73-70-67-64-61-58-53-48-45-42-39-36-33-30-27-24-21-18-15-12-9-6-3)102-120-108(113)96-93-90-87-84-81-78-75-72-69-66-63-60-57-55-52-50-47-44-41-38-35-32-29-26-23-20-17-14-11-8-5-2/h7-12,16-21,25-30,34-39,43-48,104-106,110-111H,4-6,13-15,22-24,31-33,40-42,49-103H2,1-3H3,(H,115,116)(H,117,118)/b10-7-,11-8-,12-9-,19-16-,20-17-,21-18-,28-25-,29-26-,30-27-,37-34-,38-35-,39-36-,46-43-,47-44-,48-45-. The van der Waals surface area contributed by atoms with E-state index in [1.807, 2.05) is 0 Å². The van der Waals surface area contributed by atoms with Crippen LogP contribution < -0.4 is 0 Å². The first kappa shape index (κ1) is 122. The van der Waals surface area contributed by atoms with Crippen LogP contribution in [0.2, 0.25) is 0 Å². The smallest absolute Gasteiger partial charge is 0.463 e. The van der Waals surface area contributed by atoms with Crippen LogP contribution >= 0.6 is 15.6 Å². The molecule has 4 N–H and O–H groups in total. The van der Waals surface area contributed by atoms with Crippen LogP contribution in [0.15, 0.2) is 182 Å². The van der Waals surface area contributed by atoms with E-state index in [1.54, 1.807) is 0 Å². The van der Waals surface area contributed by atoms with Crippen molar-refractivity contribution in [3.8, 4) is 0 Å². The van der Waals surface area contributed by atoms with E-state index < -0.39 is 91.5 Å². The van der Waals surface area contributed by atoms with Crippen LogP contribution in [0, 0.1) is 0 Å². The van der Waals surface area contributed by atoms with E-state index in [4.69, 9.17) is 32.3 Å². The Kier molecular flexibility index (Phi) is 95.5. The molecule has 728 valence electrons. The van der Waals surface area contributed by atoms with Crippen LogP contribution in [-0.4, -0.2) is 95.9 Å². The summed E-state index contributed by atoms with van der Waals surface area (Å²) in [5, 5.41) is 20.8. The minimum absolute atomic E-state index is 0.0997. The molecule has 0 spiro atoms. The first-order valence-electron chi connectivity index (χ1n) is 51.1. The number of esters is 3. The predicted octanol–water partition coefficient (Wildman–Crippen LogP) is 32.3. The number of aliphatic hydroxyl groups is 2. The van der Waals surface area contributed by atoms with E-state index in [0.29, 0.717) is 19.3 Å². The highest BCUT2D eigenvalue weighted by atomic mass is 31.2. The molecule has 0 bridgehead atoms. The van der Waals surface area contributed by atoms with Crippen molar-refractivity contribution >= 4 is 33.6 Å². The van der Waals surface area contributed by atoms with Crippen LogP contribution in [-0.2, 0) is 55.8 Å². The summed E-state index contributed by atoms with van der Waals surface area (Å²) in [6, 6.07) is 0. The van der Waals surface area contributed by atoms with E-state index in [-0.39, 0.29) is 19.3 Å². The Balaban J connectivity index is 4.63. The normalized spacial score (nSPS) is 14.4. The molecule has 0 saturated carbocycles. The fourth-order valence-electron chi connectivity index (χ4n) is 14.0.